The van der Waals surface area contributed by atoms with Gasteiger partial charge in [0, 0.05) is 18.8 Å². The maximum atomic E-state index is 11.8. The van der Waals surface area contributed by atoms with Crippen molar-refractivity contribution in [1.82, 2.24) is 5.32 Å². The van der Waals surface area contributed by atoms with Crippen molar-refractivity contribution in [1.29, 1.82) is 0 Å². The first-order chi connectivity index (χ1) is 14.2. The smallest absolute Gasteiger partial charge is 0.412 e. The Morgan fingerprint density at radius 1 is 1.00 bits per heavy atom. The molecule has 0 fully saturated rings. The third kappa shape index (κ3) is 8.86. The van der Waals surface area contributed by atoms with Crippen LogP contribution in [0.25, 0.3) is 0 Å². The number of nitrogens with one attached hydrogen (secondary N) is 2. The van der Waals surface area contributed by atoms with Gasteiger partial charge in [-0.05, 0) is 69.0 Å². The molecule has 0 unspecified atom stereocenters. The van der Waals surface area contributed by atoms with Gasteiger partial charge in [-0.2, -0.15) is 0 Å². The van der Waals surface area contributed by atoms with Gasteiger partial charge in [0.15, 0.2) is 5.96 Å². The average molecular weight is 413 g/mol. The van der Waals surface area contributed by atoms with Gasteiger partial charge < -0.3 is 20.5 Å². The minimum Gasteiger partial charge on any atom is -0.497 e. The van der Waals surface area contributed by atoms with E-state index in [1.165, 1.54) is 5.56 Å². The Kier molecular flexibility index (Phi) is 8.53. The zero-order chi connectivity index (χ0) is 22.0. The molecule has 0 bridgehead atoms. The van der Waals surface area contributed by atoms with E-state index < -0.39 is 11.7 Å². The number of aliphatic imine (C=N–C) groups is 1. The SMILES string of the molecule is COc1ccc(CCNC(N)=NCCc2ccc(NC(=O)OC(C)(C)C)cc2)cc1. The van der Waals surface area contributed by atoms with Gasteiger partial charge >= 0.3 is 6.09 Å². The standard InChI is InChI=1S/C23H32N4O3/c1-23(2,3)30-22(28)27-19-9-5-17(6-10-19)13-15-25-21(24)26-16-14-18-7-11-20(29-4)12-8-18/h5-12H,13-16H2,1-4H3,(H,27,28)(H3,24,25,26). The molecule has 0 aromatic heterocycles. The lowest BCUT2D eigenvalue weighted by molar-refractivity contribution is 0.0636. The van der Waals surface area contributed by atoms with Crippen molar-refractivity contribution >= 4 is 17.7 Å². The quantitative estimate of drug-likeness (QED) is 0.453. The second-order valence-electron chi connectivity index (χ2n) is 7.87. The van der Waals surface area contributed by atoms with Crippen LogP contribution in [0.2, 0.25) is 0 Å². The van der Waals surface area contributed by atoms with Crippen LogP contribution in [0.15, 0.2) is 53.5 Å². The summed E-state index contributed by atoms with van der Waals surface area (Å²) in [6.45, 7) is 6.79. The van der Waals surface area contributed by atoms with E-state index in [0.717, 1.165) is 24.2 Å². The molecule has 0 aliphatic heterocycles. The molecule has 7 nitrogen and oxygen atoms in total. The van der Waals surface area contributed by atoms with Crippen LogP contribution in [0.4, 0.5) is 10.5 Å². The third-order valence-corrected chi connectivity index (χ3v) is 4.16. The Labute approximate surface area is 178 Å². The Bertz CT molecular complexity index is 825. The second-order valence-corrected chi connectivity index (χ2v) is 7.87. The zero-order valence-electron chi connectivity index (χ0n) is 18.2. The number of hydrogen-bond acceptors (Lipinski definition) is 4. The highest BCUT2D eigenvalue weighted by molar-refractivity contribution is 5.84. The van der Waals surface area contributed by atoms with Crippen molar-refractivity contribution < 1.29 is 14.3 Å². The monoisotopic (exact) mass is 412 g/mol. The van der Waals surface area contributed by atoms with Crippen molar-refractivity contribution in [2.45, 2.75) is 39.2 Å². The molecule has 0 heterocycles. The molecule has 162 valence electrons. The van der Waals surface area contributed by atoms with E-state index in [9.17, 15) is 4.79 Å². The summed E-state index contributed by atoms with van der Waals surface area (Å²) in [5, 5.41) is 5.85. The summed E-state index contributed by atoms with van der Waals surface area (Å²) >= 11 is 0. The number of nitrogens with two attached hydrogens (primary N) is 1. The van der Waals surface area contributed by atoms with Gasteiger partial charge in [0.1, 0.15) is 11.4 Å². The third-order valence-electron chi connectivity index (χ3n) is 4.16. The van der Waals surface area contributed by atoms with Gasteiger partial charge in [-0.15, -0.1) is 0 Å². The topological polar surface area (TPSA) is 98.0 Å². The molecule has 0 saturated heterocycles. The van der Waals surface area contributed by atoms with E-state index in [1.54, 1.807) is 7.11 Å². The summed E-state index contributed by atoms with van der Waals surface area (Å²) in [6, 6.07) is 15.6. The minimum absolute atomic E-state index is 0.437. The molecule has 0 atom stereocenters. The maximum Gasteiger partial charge on any atom is 0.412 e. The number of carbonyl (C=O) groups excluding carboxylic acids is 1. The number of carbonyl (C=O) groups is 1. The van der Waals surface area contributed by atoms with E-state index in [2.05, 4.69) is 15.6 Å². The van der Waals surface area contributed by atoms with Crippen molar-refractivity contribution in [2.24, 2.45) is 10.7 Å². The molecular formula is C23H32N4O3. The normalized spacial score (nSPS) is 11.7. The highest BCUT2D eigenvalue weighted by Crippen LogP contribution is 2.13. The summed E-state index contributed by atoms with van der Waals surface area (Å²) in [5.41, 5.74) is 8.42. The molecule has 30 heavy (non-hydrogen) atoms. The summed E-state index contributed by atoms with van der Waals surface area (Å²) in [7, 11) is 1.66. The fourth-order valence-electron chi connectivity index (χ4n) is 2.66. The van der Waals surface area contributed by atoms with Crippen LogP contribution in [0.3, 0.4) is 0 Å². The second kappa shape index (κ2) is 11.1. The fourth-order valence-corrected chi connectivity index (χ4v) is 2.66. The Morgan fingerprint density at radius 2 is 1.60 bits per heavy atom. The number of benzene rings is 2. The molecule has 0 saturated carbocycles. The first-order valence-corrected chi connectivity index (χ1v) is 10.0. The average Bonchev–Trinajstić information content (AvgIpc) is 2.68. The van der Waals surface area contributed by atoms with Crippen LogP contribution in [0.5, 0.6) is 5.75 Å². The van der Waals surface area contributed by atoms with Gasteiger partial charge in [0.25, 0.3) is 0 Å². The lowest BCUT2D eigenvalue weighted by Gasteiger charge is -2.19. The minimum atomic E-state index is -0.523. The molecular weight excluding hydrogens is 380 g/mol. The van der Waals surface area contributed by atoms with Gasteiger partial charge in [0.05, 0.1) is 7.11 Å². The summed E-state index contributed by atoms with van der Waals surface area (Å²) < 4.78 is 10.4. The molecule has 0 aliphatic rings. The van der Waals surface area contributed by atoms with E-state index >= 15 is 0 Å². The highest BCUT2D eigenvalue weighted by atomic mass is 16.6. The predicted octanol–water partition coefficient (Wildman–Crippen LogP) is 3.73. The van der Waals surface area contributed by atoms with E-state index in [4.69, 9.17) is 15.2 Å². The van der Waals surface area contributed by atoms with Gasteiger partial charge in [-0.25, -0.2) is 4.79 Å². The Hall–Kier alpha value is -3.22. The number of guanidine groups is 1. The Balaban J connectivity index is 1.70. The van der Waals surface area contributed by atoms with Crippen molar-refractivity contribution in [3.63, 3.8) is 0 Å². The van der Waals surface area contributed by atoms with E-state index in [1.807, 2.05) is 69.3 Å². The van der Waals surface area contributed by atoms with Crippen LogP contribution in [0.1, 0.15) is 31.9 Å². The molecule has 0 aliphatic carbocycles. The lowest BCUT2D eigenvalue weighted by atomic mass is 10.1. The van der Waals surface area contributed by atoms with Gasteiger partial charge in [0.2, 0.25) is 0 Å². The molecule has 2 rings (SSSR count). The molecule has 4 N–H and O–H groups in total. The van der Waals surface area contributed by atoms with Crippen LogP contribution in [0, 0.1) is 0 Å². The number of ether oxygens (including phenoxy) is 2. The molecule has 1 amide bonds. The number of hydrogen-bond donors (Lipinski definition) is 3. The number of amides is 1. The van der Waals surface area contributed by atoms with E-state index in [-0.39, 0.29) is 0 Å². The number of rotatable bonds is 8. The molecule has 0 spiro atoms. The van der Waals surface area contributed by atoms with Crippen molar-refractivity contribution in [3.8, 4) is 5.75 Å². The molecule has 2 aromatic rings. The highest BCUT2D eigenvalue weighted by Gasteiger charge is 2.16. The van der Waals surface area contributed by atoms with Crippen LogP contribution in [-0.4, -0.2) is 37.9 Å². The number of nitrogens with zero attached hydrogens (tertiary/aromatic N) is 1. The van der Waals surface area contributed by atoms with E-state index in [0.29, 0.717) is 24.7 Å². The van der Waals surface area contributed by atoms with Crippen molar-refractivity contribution in [2.75, 3.05) is 25.5 Å². The van der Waals surface area contributed by atoms with Crippen LogP contribution in [-0.2, 0) is 17.6 Å². The van der Waals surface area contributed by atoms with Gasteiger partial charge in [-0.3, -0.25) is 10.3 Å². The first-order valence-electron chi connectivity index (χ1n) is 10.0. The largest absolute Gasteiger partial charge is 0.497 e. The number of methoxy groups -OCH3 is 1. The summed E-state index contributed by atoms with van der Waals surface area (Å²) in [4.78, 5) is 16.2. The zero-order valence-corrected chi connectivity index (χ0v) is 18.2. The number of anilines is 1. The lowest BCUT2D eigenvalue weighted by Crippen LogP contribution is -2.33. The molecule has 2 aromatic carbocycles. The Morgan fingerprint density at radius 3 is 2.20 bits per heavy atom. The van der Waals surface area contributed by atoms with Crippen molar-refractivity contribution in [3.05, 3.63) is 59.7 Å². The van der Waals surface area contributed by atoms with Crippen LogP contribution < -0.4 is 21.1 Å². The predicted molar refractivity (Wildman–Crippen MR) is 121 cm³/mol. The first kappa shape index (κ1) is 23.1. The fraction of sp³-hybridized carbons (Fsp3) is 0.391. The summed E-state index contributed by atoms with van der Waals surface area (Å²) in [6.07, 6.45) is 1.15. The molecule has 0 radical (unpaired) electrons. The molecule has 7 heteroatoms. The van der Waals surface area contributed by atoms with Gasteiger partial charge in [-0.1, -0.05) is 24.3 Å². The van der Waals surface area contributed by atoms with Crippen LogP contribution >= 0.6 is 0 Å². The summed E-state index contributed by atoms with van der Waals surface area (Å²) in [5.74, 6) is 1.29. The maximum absolute atomic E-state index is 11.8.